The zero-order chi connectivity index (χ0) is 18.9. The van der Waals surface area contributed by atoms with E-state index >= 15 is 0 Å². The van der Waals surface area contributed by atoms with E-state index in [2.05, 4.69) is 15.4 Å². The molecule has 0 aromatic heterocycles. The van der Waals surface area contributed by atoms with Crippen molar-refractivity contribution in [2.75, 3.05) is 31.5 Å². The maximum Gasteiger partial charge on any atom is 0.513 e. The molecule has 0 aliphatic heterocycles. The van der Waals surface area contributed by atoms with Crippen molar-refractivity contribution in [1.82, 2.24) is 0 Å². The summed E-state index contributed by atoms with van der Waals surface area (Å²) in [5.41, 5.74) is 1.07. The molecule has 2 N–H and O–H groups in total. The fourth-order valence-corrected chi connectivity index (χ4v) is 2.06. The fraction of sp³-hybridized carbons (Fsp3) is 0.222. The second-order valence-corrected chi connectivity index (χ2v) is 4.96. The zero-order valence-electron chi connectivity index (χ0n) is 14.7. The van der Waals surface area contributed by atoms with E-state index < -0.39 is 12.2 Å². The average Bonchev–Trinajstić information content (AvgIpc) is 2.63. The van der Waals surface area contributed by atoms with Crippen LogP contribution in [0.3, 0.4) is 0 Å². The van der Waals surface area contributed by atoms with Crippen LogP contribution in [0.15, 0.2) is 42.5 Å². The highest BCUT2D eigenvalue weighted by atomic mass is 16.7. The normalized spacial score (nSPS) is 9.81. The first kappa shape index (κ1) is 18.9. The lowest BCUT2D eigenvalue weighted by molar-refractivity contribution is 0.104. The van der Waals surface area contributed by atoms with Gasteiger partial charge in [-0.3, -0.25) is 0 Å². The van der Waals surface area contributed by atoms with Gasteiger partial charge in [-0.25, -0.2) is 9.59 Å². The summed E-state index contributed by atoms with van der Waals surface area (Å²) in [5.74, 6) is 1.38. The molecule has 0 atom stereocenters. The van der Waals surface area contributed by atoms with Crippen LogP contribution in [0.4, 0.5) is 21.0 Å². The summed E-state index contributed by atoms with van der Waals surface area (Å²) in [6, 6.07) is 10.9. The van der Waals surface area contributed by atoms with E-state index in [1.54, 1.807) is 49.4 Å². The summed E-state index contributed by atoms with van der Waals surface area (Å²) in [6.45, 7) is 1.92. The molecule has 2 aromatic carbocycles. The summed E-state index contributed by atoms with van der Waals surface area (Å²) in [5, 5.41) is 5.36. The van der Waals surface area contributed by atoms with Crippen LogP contribution < -0.4 is 24.8 Å². The van der Waals surface area contributed by atoms with Crippen LogP contribution in [0.1, 0.15) is 6.92 Å². The first-order valence-electron chi connectivity index (χ1n) is 7.80. The number of amides is 2. The van der Waals surface area contributed by atoms with Gasteiger partial charge in [-0.2, -0.15) is 0 Å². The van der Waals surface area contributed by atoms with Crippen LogP contribution in [-0.4, -0.2) is 33.0 Å². The van der Waals surface area contributed by atoms with Gasteiger partial charge in [0, 0.05) is 17.4 Å². The number of methoxy groups -OCH3 is 2. The predicted molar refractivity (Wildman–Crippen MR) is 96.3 cm³/mol. The van der Waals surface area contributed by atoms with Gasteiger partial charge >= 0.3 is 12.2 Å². The summed E-state index contributed by atoms with van der Waals surface area (Å²) < 4.78 is 20.0. The van der Waals surface area contributed by atoms with Crippen LogP contribution in [0.25, 0.3) is 0 Å². The van der Waals surface area contributed by atoms with E-state index in [4.69, 9.17) is 14.2 Å². The van der Waals surface area contributed by atoms with Crippen LogP contribution in [-0.2, 0) is 4.74 Å². The fourth-order valence-electron chi connectivity index (χ4n) is 2.06. The van der Waals surface area contributed by atoms with Crippen molar-refractivity contribution in [3.8, 4) is 17.2 Å². The number of hydrogen-bond donors (Lipinski definition) is 2. The Kier molecular flexibility index (Phi) is 6.67. The Labute approximate surface area is 151 Å². The Morgan fingerprint density at radius 2 is 1.50 bits per heavy atom. The lowest BCUT2D eigenvalue weighted by Crippen LogP contribution is -2.19. The van der Waals surface area contributed by atoms with Gasteiger partial charge in [-0.05, 0) is 43.3 Å². The molecule has 8 heteroatoms. The number of anilines is 2. The SMILES string of the molecule is CCOC(=O)Oc1ccc(NC(=O)Nc2ccc(OC)c(OC)c2)cc1. The van der Waals surface area contributed by atoms with Crippen molar-refractivity contribution < 1.29 is 28.5 Å². The Bertz CT molecular complexity index is 761. The molecule has 138 valence electrons. The van der Waals surface area contributed by atoms with Crippen molar-refractivity contribution in [1.29, 1.82) is 0 Å². The number of carbonyl (C=O) groups is 2. The zero-order valence-corrected chi connectivity index (χ0v) is 14.7. The van der Waals surface area contributed by atoms with Gasteiger partial charge in [0.2, 0.25) is 0 Å². The number of rotatable bonds is 6. The highest BCUT2D eigenvalue weighted by molar-refractivity contribution is 6.00. The first-order valence-corrected chi connectivity index (χ1v) is 7.80. The summed E-state index contributed by atoms with van der Waals surface area (Å²) in [6.07, 6.45) is -0.778. The minimum absolute atomic E-state index is 0.231. The third kappa shape index (κ3) is 5.30. The Balaban J connectivity index is 1.94. The number of carbonyl (C=O) groups excluding carboxylic acids is 2. The highest BCUT2D eigenvalue weighted by Gasteiger charge is 2.08. The molecule has 0 aliphatic carbocycles. The van der Waals surface area contributed by atoms with Gasteiger partial charge in [0.15, 0.2) is 11.5 Å². The van der Waals surface area contributed by atoms with Crippen molar-refractivity contribution in [2.45, 2.75) is 6.92 Å². The van der Waals surface area contributed by atoms with E-state index in [9.17, 15) is 9.59 Å². The minimum Gasteiger partial charge on any atom is -0.493 e. The average molecular weight is 360 g/mol. The molecule has 0 saturated heterocycles. The Morgan fingerprint density at radius 1 is 0.885 bits per heavy atom. The molecule has 26 heavy (non-hydrogen) atoms. The number of nitrogens with one attached hydrogen (secondary N) is 2. The molecule has 0 aliphatic rings. The van der Waals surface area contributed by atoms with Crippen molar-refractivity contribution >= 4 is 23.6 Å². The molecule has 2 amide bonds. The van der Waals surface area contributed by atoms with Gasteiger partial charge < -0.3 is 29.6 Å². The van der Waals surface area contributed by atoms with Gasteiger partial charge in [0.05, 0.1) is 20.8 Å². The first-order chi connectivity index (χ1) is 12.5. The summed E-state index contributed by atoms with van der Waals surface area (Å²) in [4.78, 5) is 23.3. The van der Waals surface area contributed by atoms with Crippen LogP contribution >= 0.6 is 0 Å². The van der Waals surface area contributed by atoms with Gasteiger partial charge in [0.25, 0.3) is 0 Å². The standard InChI is InChI=1S/C18H20N2O6/c1-4-25-18(22)26-14-8-5-12(6-9-14)19-17(21)20-13-7-10-15(23-2)16(11-13)24-3/h5-11H,4H2,1-3H3,(H2,19,20,21). The molecular weight excluding hydrogens is 340 g/mol. The topological polar surface area (TPSA) is 95.1 Å². The largest absolute Gasteiger partial charge is 0.513 e. The van der Waals surface area contributed by atoms with Gasteiger partial charge in [-0.15, -0.1) is 0 Å². The maximum atomic E-state index is 12.1. The third-order valence-corrected chi connectivity index (χ3v) is 3.22. The smallest absolute Gasteiger partial charge is 0.493 e. The van der Waals surface area contributed by atoms with Gasteiger partial charge in [0.1, 0.15) is 5.75 Å². The minimum atomic E-state index is -0.778. The van der Waals surface area contributed by atoms with Crippen LogP contribution in [0.5, 0.6) is 17.2 Å². The number of urea groups is 1. The van der Waals surface area contributed by atoms with Gasteiger partial charge in [-0.1, -0.05) is 0 Å². The van der Waals surface area contributed by atoms with Crippen LogP contribution in [0.2, 0.25) is 0 Å². The molecule has 2 rings (SSSR count). The lowest BCUT2D eigenvalue weighted by atomic mass is 10.2. The summed E-state index contributed by atoms with van der Waals surface area (Å²) in [7, 11) is 3.05. The Hall–Kier alpha value is -3.42. The van der Waals surface area contributed by atoms with Crippen molar-refractivity contribution in [3.63, 3.8) is 0 Å². The number of ether oxygens (including phenoxy) is 4. The molecule has 0 bridgehead atoms. The lowest BCUT2D eigenvalue weighted by Gasteiger charge is -2.11. The molecule has 0 fully saturated rings. The quantitative estimate of drug-likeness (QED) is 0.599. The highest BCUT2D eigenvalue weighted by Crippen LogP contribution is 2.29. The number of benzene rings is 2. The van der Waals surface area contributed by atoms with Crippen LogP contribution in [0, 0.1) is 0 Å². The Morgan fingerprint density at radius 3 is 2.12 bits per heavy atom. The molecule has 0 spiro atoms. The third-order valence-electron chi connectivity index (χ3n) is 3.22. The van der Waals surface area contributed by atoms with E-state index in [0.29, 0.717) is 28.6 Å². The molecule has 0 unspecified atom stereocenters. The predicted octanol–water partition coefficient (Wildman–Crippen LogP) is 3.88. The number of hydrogen-bond acceptors (Lipinski definition) is 6. The maximum absolute atomic E-state index is 12.1. The molecule has 0 heterocycles. The monoisotopic (exact) mass is 360 g/mol. The van der Waals surface area contributed by atoms with E-state index in [-0.39, 0.29) is 6.61 Å². The second-order valence-electron chi connectivity index (χ2n) is 4.96. The van der Waals surface area contributed by atoms with E-state index in [1.165, 1.54) is 14.2 Å². The van der Waals surface area contributed by atoms with Crippen molar-refractivity contribution in [3.05, 3.63) is 42.5 Å². The summed E-state index contributed by atoms with van der Waals surface area (Å²) >= 11 is 0. The molecule has 0 saturated carbocycles. The van der Waals surface area contributed by atoms with Crippen molar-refractivity contribution in [2.24, 2.45) is 0 Å². The second kappa shape index (κ2) is 9.16. The van der Waals surface area contributed by atoms with E-state index in [0.717, 1.165) is 0 Å². The molecule has 2 aromatic rings. The molecule has 0 radical (unpaired) electrons. The molecule has 8 nitrogen and oxygen atoms in total. The molecular formula is C18H20N2O6. The van der Waals surface area contributed by atoms with E-state index in [1.807, 2.05) is 0 Å².